The van der Waals surface area contributed by atoms with Crippen molar-refractivity contribution in [2.45, 2.75) is 18.7 Å². The molecule has 156 valence electrons. The van der Waals surface area contributed by atoms with Crippen LogP contribution in [0.15, 0.2) is 59.7 Å². The van der Waals surface area contributed by atoms with E-state index in [-0.39, 0.29) is 12.8 Å². The molecule has 3 aromatic rings. The fraction of sp³-hybridized carbons (Fsp3) is 0.174. The van der Waals surface area contributed by atoms with E-state index in [9.17, 15) is 0 Å². The van der Waals surface area contributed by atoms with Gasteiger partial charge >= 0.3 is 0 Å². The Morgan fingerprint density at radius 3 is 2.45 bits per heavy atom. The average molecular weight is 474 g/mol. The molecule has 0 amide bonds. The number of hydrogen-bond donors (Lipinski definition) is 0. The first kappa shape index (κ1) is 19.1. The van der Waals surface area contributed by atoms with Crippen LogP contribution in [0.4, 0.5) is 0 Å². The lowest BCUT2D eigenvalue weighted by molar-refractivity contribution is -0.0189. The van der Waals surface area contributed by atoms with Crippen molar-refractivity contribution in [3.05, 3.63) is 86.4 Å². The molecule has 0 aliphatic carbocycles. The highest BCUT2D eigenvalue weighted by Gasteiger charge is 2.42. The minimum Gasteiger partial charge on any atom is -0.464 e. The van der Waals surface area contributed by atoms with Gasteiger partial charge in [0.25, 0.3) is 0 Å². The predicted molar refractivity (Wildman–Crippen MR) is 120 cm³/mol. The van der Waals surface area contributed by atoms with E-state index in [0.717, 1.165) is 39.7 Å². The lowest BCUT2D eigenvalue weighted by atomic mass is 9.95. The fourth-order valence-corrected chi connectivity index (χ4v) is 4.90. The summed E-state index contributed by atoms with van der Waals surface area (Å²) in [7, 11) is 0. The van der Waals surface area contributed by atoms with Gasteiger partial charge in [-0.25, -0.2) is 5.01 Å². The van der Waals surface area contributed by atoms with Gasteiger partial charge in [0.05, 0.1) is 16.8 Å². The van der Waals surface area contributed by atoms with Crippen molar-refractivity contribution in [1.82, 2.24) is 5.01 Å². The number of ether oxygens (including phenoxy) is 3. The maximum Gasteiger partial charge on any atom is 0.231 e. The zero-order valence-corrected chi connectivity index (χ0v) is 18.3. The SMILES string of the molecule is Clc1ccc([C@H]2Oc3ccc(Cl)cc3[C@H]3CC(c4ccc5c(c4)OCO5)=NN32)c(Cl)c1. The first-order valence-electron chi connectivity index (χ1n) is 9.74. The average Bonchev–Trinajstić information content (AvgIpc) is 3.40. The van der Waals surface area contributed by atoms with Crippen LogP contribution in [0.3, 0.4) is 0 Å². The van der Waals surface area contributed by atoms with Gasteiger partial charge < -0.3 is 14.2 Å². The third-order valence-corrected chi connectivity index (χ3v) is 6.48. The molecule has 3 heterocycles. The monoisotopic (exact) mass is 472 g/mol. The summed E-state index contributed by atoms with van der Waals surface area (Å²) in [4.78, 5) is 0. The van der Waals surface area contributed by atoms with Gasteiger partial charge in [-0.3, -0.25) is 0 Å². The van der Waals surface area contributed by atoms with Crippen LogP contribution in [0.5, 0.6) is 17.2 Å². The molecule has 5 nitrogen and oxygen atoms in total. The second-order valence-corrected chi connectivity index (χ2v) is 8.81. The molecular weight excluding hydrogens is 459 g/mol. The molecular formula is C23H15Cl3N2O3. The van der Waals surface area contributed by atoms with E-state index in [1.54, 1.807) is 12.1 Å². The first-order chi connectivity index (χ1) is 15.1. The van der Waals surface area contributed by atoms with Gasteiger partial charge in [-0.05, 0) is 48.5 Å². The van der Waals surface area contributed by atoms with Crippen LogP contribution in [0, 0.1) is 0 Å². The lowest BCUT2D eigenvalue weighted by Gasteiger charge is -2.38. The molecule has 0 fully saturated rings. The lowest BCUT2D eigenvalue weighted by Crippen LogP contribution is -2.33. The van der Waals surface area contributed by atoms with E-state index in [4.69, 9.17) is 54.1 Å². The second-order valence-electron chi connectivity index (χ2n) is 7.53. The molecule has 0 N–H and O–H groups in total. The Morgan fingerprint density at radius 1 is 0.806 bits per heavy atom. The Bertz CT molecular complexity index is 1250. The number of halogens is 3. The van der Waals surface area contributed by atoms with Gasteiger partial charge in [-0.15, -0.1) is 0 Å². The molecule has 0 saturated carbocycles. The van der Waals surface area contributed by atoms with Gasteiger partial charge in [0.2, 0.25) is 13.0 Å². The molecule has 0 unspecified atom stereocenters. The van der Waals surface area contributed by atoms with Gasteiger partial charge in [0.15, 0.2) is 11.5 Å². The van der Waals surface area contributed by atoms with Crippen molar-refractivity contribution < 1.29 is 14.2 Å². The van der Waals surface area contributed by atoms with E-state index < -0.39 is 6.23 Å². The second kappa shape index (κ2) is 7.23. The van der Waals surface area contributed by atoms with E-state index in [1.807, 2.05) is 47.5 Å². The highest BCUT2D eigenvalue weighted by atomic mass is 35.5. The molecule has 3 aliphatic heterocycles. The zero-order chi connectivity index (χ0) is 21.1. The number of hydrazone groups is 1. The molecule has 3 aliphatic rings. The number of hydrogen-bond acceptors (Lipinski definition) is 5. The molecule has 3 aromatic carbocycles. The molecule has 31 heavy (non-hydrogen) atoms. The molecule has 2 atom stereocenters. The molecule has 8 heteroatoms. The van der Waals surface area contributed by atoms with Crippen LogP contribution in [0.1, 0.15) is 35.4 Å². The maximum atomic E-state index is 6.53. The third kappa shape index (κ3) is 3.19. The van der Waals surface area contributed by atoms with Crippen molar-refractivity contribution in [2.75, 3.05) is 6.79 Å². The molecule has 0 bridgehead atoms. The Hall–Kier alpha value is -2.60. The van der Waals surface area contributed by atoms with Crippen molar-refractivity contribution in [3.8, 4) is 17.2 Å². The quantitative estimate of drug-likeness (QED) is 0.420. The number of nitrogens with zero attached hydrogens (tertiary/aromatic N) is 2. The van der Waals surface area contributed by atoms with Crippen LogP contribution >= 0.6 is 34.8 Å². The van der Waals surface area contributed by atoms with Crippen LogP contribution in [-0.2, 0) is 0 Å². The smallest absolute Gasteiger partial charge is 0.231 e. The third-order valence-electron chi connectivity index (χ3n) is 5.69. The Labute approximate surface area is 193 Å². The summed E-state index contributed by atoms with van der Waals surface area (Å²) in [5.74, 6) is 2.23. The van der Waals surface area contributed by atoms with Crippen molar-refractivity contribution in [1.29, 1.82) is 0 Å². The maximum absolute atomic E-state index is 6.53. The highest BCUT2D eigenvalue weighted by Crippen LogP contribution is 2.49. The van der Waals surface area contributed by atoms with Crippen molar-refractivity contribution in [2.24, 2.45) is 5.10 Å². The van der Waals surface area contributed by atoms with Crippen LogP contribution in [-0.4, -0.2) is 17.5 Å². The summed E-state index contributed by atoms with van der Waals surface area (Å²) >= 11 is 18.9. The largest absolute Gasteiger partial charge is 0.464 e. The Balaban J connectivity index is 1.45. The van der Waals surface area contributed by atoms with E-state index in [0.29, 0.717) is 21.5 Å². The van der Waals surface area contributed by atoms with Gasteiger partial charge in [0, 0.05) is 33.2 Å². The predicted octanol–water partition coefficient (Wildman–Crippen LogP) is 6.62. The van der Waals surface area contributed by atoms with E-state index >= 15 is 0 Å². The topological polar surface area (TPSA) is 43.3 Å². The van der Waals surface area contributed by atoms with Crippen molar-refractivity contribution >= 4 is 40.5 Å². The van der Waals surface area contributed by atoms with E-state index in [2.05, 4.69) is 0 Å². The number of fused-ring (bicyclic) bond motifs is 4. The summed E-state index contributed by atoms with van der Waals surface area (Å²) in [6.07, 6.45) is 0.202. The number of benzene rings is 3. The summed E-state index contributed by atoms with van der Waals surface area (Å²) in [6, 6.07) is 16.9. The minimum absolute atomic E-state index is 0.0420. The van der Waals surface area contributed by atoms with E-state index in [1.165, 1.54) is 0 Å². The molecule has 6 rings (SSSR count). The minimum atomic E-state index is -0.491. The van der Waals surface area contributed by atoms with Gasteiger partial charge in [-0.1, -0.05) is 40.9 Å². The summed E-state index contributed by atoms with van der Waals surface area (Å²) in [5.41, 5.74) is 3.69. The van der Waals surface area contributed by atoms with Crippen molar-refractivity contribution in [3.63, 3.8) is 0 Å². The molecule has 0 saturated heterocycles. The molecule has 0 radical (unpaired) electrons. The van der Waals surface area contributed by atoms with Crippen LogP contribution < -0.4 is 14.2 Å². The van der Waals surface area contributed by atoms with Gasteiger partial charge in [0.1, 0.15) is 5.75 Å². The summed E-state index contributed by atoms with van der Waals surface area (Å²) in [5, 5.41) is 8.65. The van der Waals surface area contributed by atoms with Crippen LogP contribution in [0.2, 0.25) is 15.1 Å². The normalized spacial score (nSPS) is 20.7. The fourth-order valence-electron chi connectivity index (χ4n) is 4.22. The highest BCUT2D eigenvalue weighted by molar-refractivity contribution is 6.35. The summed E-state index contributed by atoms with van der Waals surface area (Å²) in [6.45, 7) is 0.233. The van der Waals surface area contributed by atoms with Gasteiger partial charge in [-0.2, -0.15) is 5.10 Å². The first-order valence-corrected chi connectivity index (χ1v) is 10.9. The number of rotatable bonds is 2. The van der Waals surface area contributed by atoms with Crippen LogP contribution in [0.25, 0.3) is 0 Å². The summed E-state index contributed by atoms with van der Waals surface area (Å²) < 4.78 is 17.3. The Morgan fingerprint density at radius 2 is 1.58 bits per heavy atom. The standard InChI is InChI=1S/C23H15Cl3N2O3/c24-13-3-6-20-16(8-13)19-10-18(12-1-5-21-22(7-12)30-11-29-21)27-28(19)23(31-20)15-4-2-14(25)9-17(15)26/h1-9,19,23H,10-11H2/t19-,23-/m1/s1. The zero-order valence-electron chi connectivity index (χ0n) is 16.0. The molecule has 0 aromatic heterocycles. The Kier molecular flexibility index (Phi) is 4.46. The molecule has 0 spiro atoms.